The number of hydrogen-bond acceptors (Lipinski definition) is 5. The molecule has 1 aliphatic carbocycles. The molecule has 1 aromatic heterocycles. The minimum absolute atomic E-state index is 0.104. The standard InChI is InChI=1S/C17H21N3O3/c1-23-15-8-6-10-3-2-4-13(16(10)20-15)19-17(22)11-5-7-12(18)14(21)9-11/h2-4,6,8,11-12,14,21H,5,7,9,18H2,1H3,(H,19,22)/t11-,12-,14-/m1/s1. The van der Waals surface area contributed by atoms with Crippen molar-refractivity contribution >= 4 is 22.5 Å². The fourth-order valence-electron chi connectivity index (χ4n) is 2.99. The molecule has 1 aliphatic rings. The molecule has 1 amide bonds. The Labute approximate surface area is 134 Å². The van der Waals surface area contributed by atoms with Crippen LogP contribution >= 0.6 is 0 Å². The minimum atomic E-state index is -0.620. The average molecular weight is 315 g/mol. The predicted octanol–water partition coefficient (Wildman–Crippen LogP) is 1.67. The van der Waals surface area contributed by atoms with Gasteiger partial charge < -0.3 is 20.9 Å². The minimum Gasteiger partial charge on any atom is -0.481 e. The van der Waals surface area contributed by atoms with E-state index in [2.05, 4.69) is 10.3 Å². The molecule has 6 nitrogen and oxygen atoms in total. The van der Waals surface area contributed by atoms with Crippen LogP contribution in [0.3, 0.4) is 0 Å². The highest BCUT2D eigenvalue weighted by atomic mass is 16.5. The molecular weight excluding hydrogens is 294 g/mol. The molecule has 3 atom stereocenters. The predicted molar refractivity (Wildman–Crippen MR) is 88.2 cm³/mol. The zero-order chi connectivity index (χ0) is 16.4. The third-order valence-corrected chi connectivity index (χ3v) is 4.40. The Morgan fingerprint density at radius 2 is 2.17 bits per heavy atom. The number of aromatic nitrogens is 1. The number of pyridine rings is 1. The number of anilines is 1. The normalized spacial score (nSPS) is 24.4. The van der Waals surface area contributed by atoms with Crippen molar-refractivity contribution in [3.8, 4) is 5.88 Å². The number of nitrogens with one attached hydrogen (secondary N) is 1. The molecule has 1 aromatic carbocycles. The van der Waals surface area contributed by atoms with E-state index in [0.29, 0.717) is 36.3 Å². The molecule has 0 radical (unpaired) electrons. The fourth-order valence-corrected chi connectivity index (χ4v) is 2.99. The summed E-state index contributed by atoms with van der Waals surface area (Å²) in [5.41, 5.74) is 7.13. The smallest absolute Gasteiger partial charge is 0.227 e. The van der Waals surface area contributed by atoms with Crippen molar-refractivity contribution in [2.45, 2.75) is 31.4 Å². The van der Waals surface area contributed by atoms with Crippen LogP contribution in [0.2, 0.25) is 0 Å². The van der Waals surface area contributed by atoms with Gasteiger partial charge >= 0.3 is 0 Å². The van der Waals surface area contributed by atoms with Gasteiger partial charge in [-0.3, -0.25) is 4.79 Å². The number of carbonyl (C=O) groups excluding carboxylic acids is 1. The summed E-state index contributed by atoms with van der Waals surface area (Å²) in [5.74, 6) is 0.164. The SMILES string of the molecule is COc1ccc2cccc(NC(=O)[C@@H]3CC[C@@H](N)[C@H](O)C3)c2n1. The molecule has 23 heavy (non-hydrogen) atoms. The largest absolute Gasteiger partial charge is 0.481 e. The van der Waals surface area contributed by atoms with E-state index in [-0.39, 0.29) is 17.9 Å². The number of amides is 1. The Morgan fingerprint density at radius 1 is 1.35 bits per heavy atom. The molecule has 0 saturated heterocycles. The van der Waals surface area contributed by atoms with Crippen LogP contribution in [0.4, 0.5) is 5.69 Å². The number of para-hydroxylation sites is 1. The summed E-state index contributed by atoms with van der Waals surface area (Å²) < 4.78 is 5.15. The number of nitrogens with zero attached hydrogens (tertiary/aromatic N) is 1. The van der Waals surface area contributed by atoms with Crippen LogP contribution in [-0.2, 0) is 4.79 Å². The van der Waals surface area contributed by atoms with Gasteiger partial charge in [0.25, 0.3) is 0 Å². The van der Waals surface area contributed by atoms with Gasteiger partial charge in [-0.25, -0.2) is 4.98 Å². The Bertz CT molecular complexity index is 719. The van der Waals surface area contributed by atoms with Crippen LogP contribution in [0.15, 0.2) is 30.3 Å². The molecule has 1 saturated carbocycles. The van der Waals surface area contributed by atoms with Crippen molar-refractivity contribution in [1.82, 2.24) is 4.98 Å². The van der Waals surface area contributed by atoms with E-state index in [1.165, 1.54) is 0 Å². The van der Waals surface area contributed by atoms with Crippen LogP contribution in [0, 0.1) is 5.92 Å². The van der Waals surface area contributed by atoms with Crippen molar-refractivity contribution in [2.24, 2.45) is 11.7 Å². The molecule has 0 spiro atoms. The molecule has 122 valence electrons. The fraction of sp³-hybridized carbons (Fsp3) is 0.412. The van der Waals surface area contributed by atoms with E-state index in [0.717, 1.165) is 5.39 Å². The second-order valence-electron chi connectivity index (χ2n) is 5.96. The summed E-state index contributed by atoms with van der Waals surface area (Å²) >= 11 is 0. The second kappa shape index (κ2) is 6.52. The number of benzene rings is 1. The lowest BCUT2D eigenvalue weighted by Gasteiger charge is -2.30. The average Bonchev–Trinajstić information content (AvgIpc) is 2.57. The topological polar surface area (TPSA) is 97.5 Å². The first-order valence-corrected chi connectivity index (χ1v) is 7.76. The molecule has 2 aromatic rings. The Morgan fingerprint density at radius 3 is 2.91 bits per heavy atom. The van der Waals surface area contributed by atoms with Gasteiger partial charge in [0.1, 0.15) is 0 Å². The number of nitrogens with two attached hydrogens (primary N) is 1. The first-order valence-electron chi connectivity index (χ1n) is 7.76. The molecule has 0 unspecified atom stereocenters. The van der Waals surface area contributed by atoms with Crippen LogP contribution in [0.25, 0.3) is 10.9 Å². The lowest BCUT2D eigenvalue weighted by atomic mass is 9.84. The lowest BCUT2D eigenvalue weighted by Crippen LogP contribution is -2.43. The van der Waals surface area contributed by atoms with Gasteiger partial charge in [-0.05, 0) is 31.4 Å². The van der Waals surface area contributed by atoms with Gasteiger partial charge in [-0.15, -0.1) is 0 Å². The summed E-state index contributed by atoms with van der Waals surface area (Å²) in [6.07, 6.45) is 1.12. The van der Waals surface area contributed by atoms with Crippen molar-refractivity contribution in [3.05, 3.63) is 30.3 Å². The molecule has 6 heteroatoms. The van der Waals surface area contributed by atoms with Gasteiger partial charge in [0, 0.05) is 23.4 Å². The Hall–Kier alpha value is -2.18. The molecular formula is C17H21N3O3. The van der Waals surface area contributed by atoms with Crippen LogP contribution in [0.1, 0.15) is 19.3 Å². The monoisotopic (exact) mass is 315 g/mol. The summed E-state index contributed by atoms with van der Waals surface area (Å²) in [6.45, 7) is 0. The van der Waals surface area contributed by atoms with Gasteiger partial charge in [0.05, 0.1) is 24.4 Å². The molecule has 1 heterocycles. The third-order valence-electron chi connectivity index (χ3n) is 4.40. The van der Waals surface area contributed by atoms with Crippen molar-refractivity contribution in [1.29, 1.82) is 0 Å². The number of aliphatic hydroxyl groups excluding tert-OH is 1. The van der Waals surface area contributed by atoms with E-state index in [9.17, 15) is 9.90 Å². The zero-order valence-corrected chi connectivity index (χ0v) is 13.0. The van der Waals surface area contributed by atoms with Gasteiger partial charge in [-0.2, -0.15) is 0 Å². The summed E-state index contributed by atoms with van der Waals surface area (Å²) in [4.78, 5) is 16.9. The van der Waals surface area contributed by atoms with Crippen LogP contribution < -0.4 is 15.8 Å². The quantitative estimate of drug-likeness (QED) is 0.800. The number of methoxy groups -OCH3 is 1. The number of carbonyl (C=O) groups is 1. The van der Waals surface area contributed by atoms with E-state index in [1.807, 2.05) is 24.3 Å². The summed E-state index contributed by atoms with van der Waals surface area (Å²) in [6, 6.07) is 9.07. The van der Waals surface area contributed by atoms with Crippen LogP contribution in [0.5, 0.6) is 5.88 Å². The first-order chi connectivity index (χ1) is 11.1. The van der Waals surface area contributed by atoms with E-state index >= 15 is 0 Å². The van der Waals surface area contributed by atoms with Crippen molar-refractivity contribution < 1.29 is 14.6 Å². The molecule has 4 N–H and O–H groups in total. The van der Waals surface area contributed by atoms with Crippen LogP contribution in [-0.4, -0.2) is 35.3 Å². The van der Waals surface area contributed by atoms with Crippen molar-refractivity contribution in [2.75, 3.05) is 12.4 Å². The molecule has 1 fully saturated rings. The van der Waals surface area contributed by atoms with E-state index in [1.54, 1.807) is 13.2 Å². The Kier molecular flexibility index (Phi) is 4.45. The highest BCUT2D eigenvalue weighted by Gasteiger charge is 2.31. The van der Waals surface area contributed by atoms with Gasteiger partial charge in [-0.1, -0.05) is 12.1 Å². The van der Waals surface area contributed by atoms with Gasteiger partial charge in [0.15, 0.2) is 0 Å². The number of ether oxygens (including phenoxy) is 1. The second-order valence-corrected chi connectivity index (χ2v) is 5.96. The number of aliphatic hydroxyl groups is 1. The maximum Gasteiger partial charge on any atom is 0.227 e. The molecule has 0 aliphatic heterocycles. The first kappa shape index (κ1) is 15.7. The van der Waals surface area contributed by atoms with Gasteiger partial charge in [0.2, 0.25) is 11.8 Å². The number of rotatable bonds is 3. The maximum absolute atomic E-state index is 12.5. The maximum atomic E-state index is 12.5. The Balaban J connectivity index is 1.82. The van der Waals surface area contributed by atoms with E-state index in [4.69, 9.17) is 10.5 Å². The third kappa shape index (κ3) is 3.28. The zero-order valence-electron chi connectivity index (χ0n) is 13.0. The lowest BCUT2D eigenvalue weighted by molar-refractivity contribution is -0.122. The molecule has 3 rings (SSSR count). The highest BCUT2D eigenvalue weighted by Crippen LogP contribution is 2.28. The van der Waals surface area contributed by atoms with E-state index < -0.39 is 6.10 Å². The number of fused-ring (bicyclic) bond motifs is 1. The van der Waals surface area contributed by atoms with Crippen molar-refractivity contribution in [3.63, 3.8) is 0 Å². The summed E-state index contributed by atoms with van der Waals surface area (Å²) in [7, 11) is 1.56. The number of hydrogen-bond donors (Lipinski definition) is 3. The highest BCUT2D eigenvalue weighted by molar-refractivity contribution is 6.01. The molecule has 0 bridgehead atoms. The summed E-state index contributed by atoms with van der Waals surface area (Å²) in [5, 5.41) is 13.7.